The molecule has 3 unspecified atom stereocenters. The third-order valence-corrected chi connectivity index (χ3v) is 9.44. The highest BCUT2D eigenvalue weighted by molar-refractivity contribution is 7.88. The fourth-order valence-corrected chi connectivity index (χ4v) is 6.63. The van der Waals surface area contributed by atoms with Crippen LogP contribution in [-0.2, 0) is 11.4 Å². The SMILES string of the molecule is Cc1c(NCC2CCC(C)C2)ncnc1C(=O)N1CCC(N2CCC(N(C)[S+](C)[O-])CC2)CC1. The number of hydrogen-bond acceptors (Lipinski definition) is 7. The van der Waals surface area contributed by atoms with E-state index >= 15 is 0 Å². The van der Waals surface area contributed by atoms with E-state index in [0.29, 0.717) is 23.7 Å². The molecular formula is C25H42N6O2S. The van der Waals surface area contributed by atoms with Gasteiger partial charge in [-0.1, -0.05) is 13.3 Å². The van der Waals surface area contributed by atoms with E-state index in [9.17, 15) is 9.35 Å². The number of nitrogens with one attached hydrogen (secondary N) is 1. The lowest BCUT2D eigenvalue weighted by atomic mass is 9.97. The van der Waals surface area contributed by atoms with Crippen molar-refractivity contribution in [2.75, 3.05) is 51.3 Å². The molecule has 3 fully saturated rings. The molecule has 0 spiro atoms. The summed E-state index contributed by atoms with van der Waals surface area (Å²) in [6.07, 6.45) is 11.3. The monoisotopic (exact) mass is 490 g/mol. The topological polar surface area (TPSA) is 87.7 Å². The van der Waals surface area contributed by atoms with Gasteiger partial charge in [0.05, 0.1) is 6.04 Å². The average molecular weight is 491 g/mol. The van der Waals surface area contributed by atoms with Crippen molar-refractivity contribution in [2.45, 2.75) is 70.9 Å². The molecule has 1 aliphatic carbocycles. The zero-order valence-corrected chi connectivity index (χ0v) is 22.1. The van der Waals surface area contributed by atoms with Gasteiger partial charge in [-0.2, -0.15) is 0 Å². The van der Waals surface area contributed by atoms with E-state index in [2.05, 4.69) is 27.1 Å². The molecule has 0 radical (unpaired) electrons. The molecule has 9 heteroatoms. The van der Waals surface area contributed by atoms with Crippen LogP contribution in [0.5, 0.6) is 0 Å². The number of amides is 1. The maximum atomic E-state index is 13.3. The van der Waals surface area contributed by atoms with Gasteiger partial charge in [0, 0.05) is 62.7 Å². The minimum Gasteiger partial charge on any atom is -0.598 e. The van der Waals surface area contributed by atoms with Crippen LogP contribution in [0.1, 0.15) is 67.9 Å². The second-order valence-corrected chi connectivity index (χ2v) is 12.0. The molecule has 3 heterocycles. The first kappa shape index (κ1) is 25.7. The second-order valence-electron chi connectivity index (χ2n) is 10.6. The smallest absolute Gasteiger partial charge is 0.272 e. The third-order valence-electron chi connectivity index (χ3n) is 8.34. The highest BCUT2D eigenvalue weighted by atomic mass is 32.2. The molecule has 3 atom stereocenters. The summed E-state index contributed by atoms with van der Waals surface area (Å²) in [5.74, 6) is 2.33. The fraction of sp³-hybridized carbons (Fsp3) is 0.800. The van der Waals surface area contributed by atoms with Crippen LogP contribution in [0.15, 0.2) is 6.33 Å². The number of hydrogen-bond donors (Lipinski definition) is 1. The summed E-state index contributed by atoms with van der Waals surface area (Å²) in [7, 11) is 1.96. The Balaban J connectivity index is 1.27. The zero-order chi connectivity index (χ0) is 24.2. The standard InChI is InChI=1S/C25H42N6O2S/c1-18-5-6-20(15-18)16-26-24-19(2)23(27-17-28-24)25(32)31-13-9-22(10-14-31)30-11-7-21(8-12-30)29(3)34(4)33/h17-18,20-22H,5-16H2,1-4H3,(H,26,27,28). The minimum absolute atomic E-state index is 0.0293. The van der Waals surface area contributed by atoms with Gasteiger partial charge in [-0.3, -0.25) is 4.79 Å². The number of carbonyl (C=O) groups excluding carboxylic acids is 1. The molecule has 3 aliphatic rings. The number of piperidine rings is 2. The van der Waals surface area contributed by atoms with Crippen LogP contribution in [0.25, 0.3) is 0 Å². The molecule has 1 amide bonds. The van der Waals surface area contributed by atoms with Crippen LogP contribution < -0.4 is 5.32 Å². The Kier molecular flexibility index (Phi) is 8.71. The van der Waals surface area contributed by atoms with Crippen molar-refractivity contribution in [1.29, 1.82) is 0 Å². The first-order valence-corrected chi connectivity index (χ1v) is 14.5. The molecule has 8 nitrogen and oxygen atoms in total. The lowest BCUT2D eigenvalue weighted by molar-refractivity contribution is 0.0542. The summed E-state index contributed by atoms with van der Waals surface area (Å²) in [5.41, 5.74) is 1.40. The lowest BCUT2D eigenvalue weighted by Gasteiger charge is -2.42. The van der Waals surface area contributed by atoms with Gasteiger partial charge in [-0.05, 0) is 57.3 Å². The third kappa shape index (κ3) is 6.04. The summed E-state index contributed by atoms with van der Waals surface area (Å²) >= 11 is -0.904. The number of carbonyl (C=O) groups is 1. The van der Waals surface area contributed by atoms with Crippen molar-refractivity contribution in [3.8, 4) is 0 Å². The Morgan fingerprint density at radius 3 is 2.47 bits per heavy atom. The number of likely N-dealkylation sites (tertiary alicyclic amines) is 2. The van der Waals surface area contributed by atoms with Gasteiger partial charge in [0.15, 0.2) is 0 Å². The van der Waals surface area contributed by atoms with Crippen molar-refractivity contribution in [2.24, 2.45) is 11.8 Å². The van der Waals surface area contributed by atoms with Crippen molar-refractivity contribution in [3.63, 3.8) is 0 Å². The van der Waals surface area contributed by atoms with Gasteiger partial charge < -0.3 is 19.7 Å². The van der Waals surface area contributed by atoms with Crippen LogP contribution in [-0.4, -0.2) is 92.6 Å². The Morgan fingerprint density at radius 1 is 1.15 bits per heavy atom. The van der Waals surface area contributed by atoms with Crippen molar-refractivity contribution >= 4 is 23.1 Å². The average Bonchev–Trinajstić information content (AvgIpc) is 3.27. The van der Waals surface area contributed by atoms with Crippen LogP contribution in [0.2, 0.25) is 0 Å². The van der Waals surface area contributed by atoms with E-state index < -0.39 is 11.4 Å². The molecular weight excluding hydrogens is 448 g/mol. The van der Waals surface area contributed by atoms with E-state index in [1.165, 1.54) is 25.6 Å². The maximum absolute atomic E-state index is 13.3. The second kappa shape index (κ2) is 11.5. The van der Waals surface area contributed by atoms with Gasteiger partial charge >= 0.3 is 0 Å². The zero-order valence-electron chi connectivity index (χ0n) is 21.3. The van der Waals surface area contributed by atoms with E-state index in [4.69, 9.17) is 0 Å². The predicted molar refractivity (Wildman–Crippen MR) is 137 cm³/mol. The molecule has 1 aromatic rings. The maximum Gasteiger partial charge on any atom is 0.272 e. The Hall–Kier alpha value is -1.42. The van der Waals surface area contributed by atoms with Crippen LogP contribution in [0.3, 0.4) is 0 Å². The Bertz CT molecular complexity index is 824. The van der Waals surface area contributed by atoms with Gasteiger partial charge in [0.25, 0.3) is 5.91 Å². The van der Waals surface area contributed by atoms with Crippen LogP contribution >= 0.6 is 0 Å². The number of rotatable bonds is 7. The Labute approximate surface area is 208 Å². The van der Waals surface area contributed by atoms with E-state index in [1.807, 2.05) is 23.2 Å². The summed E-state index contributed by atoms with van der Waals surface area (Å²) in [5, 5.41) is 3.49. The normalized spacial score (nSPS) is 26.2. The molecule has 2 aliphatic heterocycles. The summed E-state index contributed by atoms with van der Waals surface area (Å²) in [6, 6.07) is 0.935. The van der Waals surface area contributed by atoms with Crippen molar-refractivity contribution in [1.82, 2.24) is 24.1 Å². The van der Waals surface area contributed by atoms with Crippen molar-refractivity contribution in [3.05, 3.63) is 17.6 Å². The number of aromatic nitrogens is 2. The fourth-order valence-electron chi connectivity index (χ4n) is 6.00. The summed E-state index contributed by atoms with van der Waals surface area (Å²) < 4.78 is 13.8. The van der Waals surface area contributed by atoms with E-state index in [-0.39, 0.29) is 5.91 Å². The van der Waals surface area contributed by atoms with E-state index in [1.54, 1.807) is 6.26 Å². The molecule has 1 aromatic heterocycles. The predicted octanol–water partition coefficient (Wildman–Crippen LogP) is 2.93. The van der Waals surface area contributed by atoms with Gasteiger partial charge in [-0.15, -0.1) is 4.31 Å². The van der Waals surface area contributed by atoms with Gasteiger partial charge in [0.1, 0.15) is 24.1 Å². The number of nitrogens with zero attached hydrogens (tertiary/aromatic N) is 5. The van der Waals surface area contributed by atoms with Gasteiger partial charge in [0.2, 0.25) is 0 Å². The first-order valence-electron chi connectivity index (χ1n) is 13.0. The molecule has 0 aromatic carbocycles. The summed E-state index contributed by atoms with van der Waals surface area (Å²) in [4.78, 5) is 26.6. The highest BCUT2D eigenvalue weighted by Gasteiger charge is 2.33. The molecule has 1 saturated carbocycles. The molecule has 2 saturated heterocycles. The quantitative estimate of drug-likeness (QED) is 0.588. The lowest BCUT2D eigenvalue weighted by Crippen LogP contribution is -2.52. The summed E-state index contributed by atoms with van der Waals surface area (Å²) in [6.45, 7) is 8.84. The Morgan fingerprint density at radius 2 is 1.85 bits per heavy atom. The number of anilines is 1. The molecule has 34 heavy (non-hydrogen) atoms. The van der Waals surface area contributed by atoms with Crippen LogP contribution in [0.4, 0.5) is 5.82 Å². The molecule has 4 rings (SSSR count). The molecule has 1 N–H and O–H groups in total. The van der Waals surface area contributed by atoms with Crippen LogP contribution in [0, 0.1) is 18.8 Å². The largest absolute Gasteiger partial charge is 0.598 e. The van der Waals surface area contributed by atoms with Gasteiger partial charge in [-0.25, -0.2) is 9.97 Å². The van der Waals surface area contributed by atoms with E-state index in [0.717, 1.165) is 75.7 Å². The highest BCUT2D eigenvalue weighted by Crippen LogP contribution is 2.31. The molecule has 0 bridgehead atoms. The first-order chi connectivity index (χ1) is 16.3. The minimum atomic E-state index is -0.904. The van der Waals surface area contributed by atoms with Crippen molar-refractivity contribution < 1.29 is 9.35 Å². The molecule has 190 valence electrons.